The number of halogens is 3. The first-order valence-corrected chi connectivity index (χ1v) is 5.67. The van der Waals surface area contributed by atoms with E-state index in [2.05, 4.69) is 5.32 Å². The highest BCUT2D eigenvalue weighted by Gasteiger charge is 2.32. The summed E-state index contributed by atoms with van der Waals surface area (Å²) in [6.45, 7) is 0.973. The zero-order valence-electron chi connectivity index (χ0n) is 9.83. The highest BCUT2D eigenvalue weighted by Crippen LogP contribution is 2.32. The van der Waals surface area contributed by atoms with E-state index in [1.807, 2.05) is 0 Å². The van der Waals surface area contributed by atoms with Gasteiger partial charge in [0.05, 0.1) is 23.8 Å². The van der Waals surface area contributed by atoms with Gasteiger partial charge < -0.3 is 15.2 Å². The number of hydrogen-bond donors (Lipinski definition) is 2. The van der Waals surface area contributed by atoms with Crippen molar-refractivity contribution in [3.63, 3.8) is 0 Å². The van der Waals surface area contributed by atoms with E-state index in [1.165, 1.54) is 0 Å². The molecule has 0 radical (unpaired) electrons. The number of ether oxygens (including phenoxy) is 1. The lowest BCUT2D eigenvalue weighted by molar-refractivity contribution is -0.137. The van der Waals surface area contributed by atoms with E-state index >= 15 is 0 Å². The number of alkyl halides is 3. The van der Waals surface area contributed by atoms with Crippen molar-refractivity contribution in [2.45, 2.75) is 18.6 Å². The van der Waals surface area contributed by atoms with Crippen LogP contribution in [0.1, 0.15) is 22.3 Å². The largest absolute Gasteiger partial charge is 0.478 e. The Morgan fingerprint density at radius 1 is 1.42 bits per heavy atom. The molecule has 104 valence electrons. The number of nitrogens with one attached hydrogen (secondary N) is 1. The Labute approximate surface area is 107 Å². The minimum atomic E-state index is -4.56. The zero-order chi connectivity index (χ0) is 14.0. The molecule has 1 saturated heterocycles. The van der Waals surface area contributed by atoms with Crippen molar-refractivity contribution in [2.75, 3.05) is 18.5 Å². The van der Waals surface area contributed by atoms with Crippen LogP contribution in [0, 0.1) is 0 Å². The molecule has 0 bridgehead atoms. The molecule has 19 heavy (non-hydrogen) atoms. The molecule has 1 aromatic carbocycles. The third-order valence-corrected chi connectivity index (χ3v) is 2.87. The summed E-state index contributed by atoms with van der Waals surface area (Å²) in [5.74, 6) is -1.40. The van der Waals surface area contributed by atoms with Gasteiger partial charge in [0, 0.05) is 12.3 Å². The normalized spacial score (nSPS) is 19.4. The van der Waals surface area contributed by atoms with Gasteiger partial charge in [0.15, 0.2) is 0 Å². The fourth-order valence-corrected chi connectivity index (χ4v) is 1.89. The maximum absolute atomic E-state index is 12.5. The highest BCUT2D eigenvalue weighted by atomic mass is 19.4. The molecular formula is C12H12F3NO3. The summed E-state index contributed by atoms with van der Waals surface area (Å²) >= 11 is 0. The molecule has 2 N–H and O–H groups in total. The third kappa shape index (κ3) is 3.17. The van der Waals surface area contributed by atoms with E-state index in [1.54, 1.807) is 0 Å². The fraction of sp³-hybridized carbons (Fsp3) is 0.417. The summed E-state index contributed by atoms with van der Waals surface area (Å²) in [5.41, 5.74) is -1.18. The van der Waals surface area contributed by atoms with Crippen LogP contribution < -0.4 is 5.32 Å². The van der Waals surface area contributed by atoms with Crippen LogP contribution in [0.25, 0.3) is 0 Å². The SMILES string of the molecule is O=C(O)c1cc(C(F)(F)F)ccc1NC1CCOC1. The molecule has 2 rings (SSSR count). The van der Waals surface area contributed by atoms with Crippen molar-refractivity contribution >= 4 is 11.7 Å². The lowest BCUT2D eigenvalue weighted by Gasteiger charge is -2.16. The van der Waals surface area contributed by atoms with E-state index in [0.717, 1.165) is 12.1 Å². The summed E-state index contributed by atoms with van der Waals surface area (Å²) in [7, 11) is 0. The molecule has 0 aliphatic carbocycles. The average Bonchev–Trinajstić information content (AvgIpc) is 2.80. The Kier molecular flexibility index (Phi) is 3.66. The van der Waals surface area contributed by atoms with Crippen molar-refractivity contribution in [2.24, 2.45) is 0 Å². The van der Waals surface area contributed by atoms with Crippen LogP contribution >= 0.6 is 0 Å². The first kappa shape index (κ1) is 13.7. The van der Waals surface area contributed by atoms with Crippen LogP contribution in [0.15, 0.2) is 18.2 Å². The molecule has 0 amide bonds. The lowest BCUT2D eigenvalue weighted by Crippen LogP contribution is -2.21. The molecular weight excluding hydrogens is 263 g/mol. The Morgan fingerprint density at radius 2 is 2.16 bits per heavy atom. The van der Waals surface area contributed by atoms with Crippen molar-refractivity contribution in [3.8, 4) is 0 Å². The van der Waals surface area contributed by atoms with E-state index < -0.39 is 17.7 Å². The van der Waals surface area contributed by atoms with Crippen LogP contribution in [-0.4, -0.2) is 30.3 Å². The third-order valence-electron chi connectivity index (χ3n) is 2.87. The number of anilines is 1. The quantitative estimate of drug-likeness (QED) is 0.890. The van der Waals surface area contributed by atoms with Gasteiger partial charge in [-0.2, -0.15) is 13.2 Å². The second-order valence-corrected chi connectivity index (χ2v) is 4.27. The van der Waals surface area contributed by atoms with Crippen LogP contribution in [0.5, 0.6) is 0 Å². The molecule has 1 aliphatic heterocycles. The standard InChI is InChI=1S/C12H12F3NO3/c13-12(14,15)7-1-2-10(9(5-7)11(17)18)16-8-3-4-19-6-8/h1-2,5,8,16H,3-4,6H2,(H,17,18). The van der Waals surface area contributed by atoms with Gasteiger partial charge in [0.1, 0.15) is 0 Å². The molecule has 1 unspecified atom stereocenters. The first-order valence-electron chi connectivity index (χ1n) is 5.67. The number of hydrogen-bond acceptors (Lipinski definition) is 3. The second kappa shape index (κ2) is 5.08. The molecule has 0 saturated carbocycles. The number of rotatable bonds is 3. The van der Waals surface area contributed by atoms with Gasteiger partial charge in [-0.1, -0.05) is 0 Å². The molecule has 1 aromatic rings. The molecule has 1 fully saturated rings. The predicted octanol–water partition coefficient (Wildman–Crippen LogP) is 2.60. The van der Waals surface area contributed by atoms with Crippen LogP contribution in [0.4, 0.5) is 18.9 Å². The molecule has 1 atom stereocenters. The van der Waals surface area contributed by atoms with Crippen LogP contribution in [0.2, 0.25) is 0 Å². The Morgan fingerprint density at radius 3 is 2.68 bits per heavy atom. The maximum Gasteiger partial charge on any atom is 0.416 e. The minimum Gasteiger partial charge on any atom is -0.478 e. The van der Waals surface area contributed by atoms with Crippen molar-refractivity contribution in [1.29, 1.82) is 0 Å². The average molecular weight is 275 g/mol. The minimum absolute atomic E-state index is 0.0742. The smallest absolute Gasteiger partial charge is 0.416 e. The predicted molar refractivity (Wildman–Crippen MR) is 61.3 cm³/mol. The maximum atomic E-state index is 12.5. The Balaban J connectivity index is 2.29. The van der Waals surface area contributed by atoms with Gasteiger partial charge in [0.25, 0.3) is 0 Å². The van der Waals surface area contributed by atoms with Crippen molar-refractivity contribution < 1.29 is 27.8 Å². The number of aromatic carboxylic acids is 1. The molecule has 4 nitrogen and oxygen atoms in total. The first-order chi connectivity index (χ1) is 8.88. The van der Waals surface area contributed by atoms with E-state index in [4.69, 9.17) is 9.84 Å². The molecule has 1 heterocycles. The second-order valence-electron chi connectivity index (χ2n) is 4.27. The van der Waals surface area contributed by atoms with E-state index in [0.29, 0.717) is 25.7 Å². The van der Waals surface area contributed by atoms with Gasteiger partial charge in [-0.05, 0) is 24.6 Å². The number of carboxylic acids is 1. The van der Waals surface area contributed by atoms with Gasteiger partial charge >= 0.3 is 12.1 Å². The zero-order valence-corrected chi connectivity index (χ0v) is 9.83. The number of carbonyl (C=O) groups is 1. The molecule has 1 aliphatic rings. The summed E-state index contributed by atoms with van der Waals surface area (Å²) in [4.78, 5) is 11.0. The molecule has 0 spiro atoms. The monoisotopic (exact) mass is 275 g/mol. The highest BCUT2D eigenvalue weighted by molar-refractivity contribution is 5.94. The summed E-state index contributed by atoms with van der Waals surface area (Å²) in [6.07, 6.45) is -3.86. The van der Waals surface area contributed by atoms with Gasteiger partial charge in [-0.15, -0.1) is 0 Å². The fourth-order valence-electron chi connectivity index (χ4n) is 1.89. The lowest BCUT2D eigenvalue weighted by atomic mass is 10.1. The van der Waals surface area contributed by atoms with Crippen molar-refractivity contribution in [3.05, 3.63) is 29.3 Å². The summed E-state index contributed by atoms with van der Waals surface area (Å²) in [6, 6.07) is 2.57. The van der Waals surface area contributed by atoms with E-state index in [-0.39, 0.29) is 17.3 Å². The summed E-state index contributed by atoms with van der Waals surface area (Å²) in [5, 5.41) is 11.9. The van der Waals surface area contributed by atoms with Gasteiger partial charge in [0.2, 0.25) is 0 Å². The number of benzene rings is 1. The van der Waals surface area contributed by atoms with E-state index in [9.17, 15) is 18.0 Å². The number of carboxylic acid groups (broad SMARTS) is 1. The van der Waals surface area contributed by atoms with Crippen molar-refractivity contribution in [1.82, 2.24) is 0 Å². The summed E-state index contributed by atoms with van der Waals surface area (Å²) < 4.78 is 42.7. The van der Waals surface area contributed by atoms with Crippen LogP contribution in [0.3, 0.4) is 0 Å². The Hall–Kier alpha value is -1.76. The van der Waals surface area contributed by atoms with Crippen LogP contribution in [-0.2, 0) is 10.9 Å². The van der Waals surface area contributed by atoms with Gasteiger partial charge in [-0.3, -0.25) is 0 Å². The molecule has 7 heteroatoms. The van der Waals surface area contributed by atoms with Gasteiger partial charge in [-0.25, -0.2) is 4.79 Å². The molecule has 0 aromatic heterocycles. The topological polar surface area (TPSA) is 58.6 Å². The Bertz CT molecular complexity index is 482.